The molecule has 1 spiro atoms. The lowest BCUT2D eigenvalue weighted by molar-refractivity contribution is -0.139. The van der Waals surface area contributed by atoms with Gasteiger partial charge in [0.1, 0.15) is 11.5 Å². The highest BCUT2D eigenvalue weighted by Gasteiger charge is 2.52. The first-order valence-electron chi connectivity index (χ1n) is 12.1. The van der Waals surface area contributed by atoms with Gasteiger partial charge in [-0.3, -0.25) is 0 Å². The van der Waals surface area contributed by atoms with E-state index < -0.39 is 17.5 Å². The molecule has 0 aliphatic carbocycles. The van der Waals surface area contributed by atoms with Crippen LogP contribution in [0.4, 0.5) is 13.2 Å². The summed E-state index contributed by atoms with van der Waals surface area (Å²) in [7, 11) is 1.63. The van der Waals surface area contributed by atoms with Gasteiger partial charge in [0.25, 0.3) is 0 Å². The number of amidine groups is 1. The first-order chi connectivity index (χ1) is 17.8. The van der Waals surface area contributed by atoms with Crippen LogP contribution in [-0.4, -0.2) is 40.5 Å². The van der Waals surface area contributed by atoms with E-state index in [-0.39, 0.29) is 12.4 Å². The summed E-state index contributed by atoms with van der Waals surface area (Å²) in [5.74, 6) is 1.59. The van der Waals surface area contributed by atoms with Crippen molar-refractivity contribution in [1.29, 1.82) is 0 Å². The van der Waals surface area contributed by atoms with Gasteiger partial charge in [0.2, 0.25) is 5.72 Å². The third kappa shape index (κ3) is 3.91. The van der Waals surface area contributed by atoms with Crippen LogP contribution in [0.3, 0.4) is 0 Å². The Kier molecular flexibility index (Phi) is 5.43. The molecule has 37 heavy (non-hydrogen) atoms. The second kappa shape index (κ2) is 8.57. The second-order valence-electron chi connectivity index (χ2n) is 9.38. The Bertz CT molecular complexity index is 1430. The number of hydrogen-bond donors (Lipinski definition) is 0. The van der Waals surface area contributed by atoms with Gasteiger partial charge in [-0.15, -0.1) is 0 Å². The fourth-order valence-electron chi connectivity index (χ4n) is 5.28. The number of imidazole rings is 1. The molecular weight excluding hydrogens is 485 g/mol. The minimum atomic E-state index is -4.45. The molecule has 3 aliphatic rings. The lowest BCUT2D eigenvalue weighted by atomic mass is 9.90. The summed E-state index contributed by atoms with van der Waals surface area (Å²) in [5, 5.41) is 4.45. The van der Waals surface area contributed by atoms with Crippen LogP contribution in [0, 0.1) is 6.92 Å². The van der Waals surface area contributed by atoms with E-state index in [0.717, 1.165) is 47.5 Å². The second-order valence-corrected chi connectivity index (χ2v) is 9.38. The molecule has 6 rings (SSSR count). The van der Waals surface area contributed by atoms with Crippen molar-refractivity contribution in [1.82, 2.24) is 14.5 Å². The molecule has 7 nitrogen and oxygen atoms in total. The molecule has 3 aliphatic heterocycles. The van der Waals surface area contributed by atoms with E-state index in [0.29, 0.717) is 30.1 Å². The van der Waals surface area contributed by atoms with E-state index in [9.17, 15) is 13.2 Å². The fourth-order valence-corrected chi connectivity index (χ4v) is 5.28. The minimum absolute atomic E-state index is 0.184. The van der Waals surface area contributed by atoms with Crippen LogP contribution in [0.25, 0.3) is 11.8 Å². The van der Waals surface area contributed by atoms with Gasteiger partial charge in [0.15, 0.2) is 5.84 Å². The number of nitrogens with zero attached hydrogens (tertiary/aromatic N) is 4. The maximum absolute atomic E-state index is 13.3. The number of rotatable bonds is 3. The maximum atomic E-state index is 13.3. The zero-order chi connectivity index (χ0) is 25.8. The average molecular weight is 511 g/mol. The van der Waals surface area contributed by atoms with Crippen LogP contribution in [-0.2, 0) is 16.7 Å². The van der Waals surface area contributed by atoms with E-state index in [1.54, 1.807) is 13.4 Å². The summed E-state index contributed by atoms with van der Waals surface area (Å²) in [6.45, 7) is 2.84. The minimum Gasteiger partial charge on any atom is -0.495 e. The molecule has 1 fully saturated rings. The standard InChI is InChI=1S/C27H25F3N4O3/c1-17-15-33(16-31-17)22-8-5-18(13-24(22)35-2)12-19-4-3-10-34-25(19)32-37-26(34)9-11-36-23-14-20(27(28,29)30)6-7-21(23)26/h5-8,12-16H,3-4,9-11H2,1-2H3. The van der Waals surface area contributed by atoms with E-state index in [1.807, 2.05) is 35.9 Å². The molecule has 3 aromatic rings. The summed E-state index contributed by atoms with van der Waals surface area (Å²) in [6.07, 6.45) is 3.41. The molecule has 1 unspecified atom stereocenters. The predicted octanol–water partition coefficient (Wildman–Crippen LogP) is 5.67. The first-order valence-corrected chi connectivity index (χ1v) is 12.1. The van der Waals surface area contributed by atoms with Crippen LogP contribution >= 0.6 is 0 Å². The summed E-state index contributed by atoms with van der Waals surface area (Å²) < 4.78 is 53.1. The Hall–Kier alpha value is -3.95. The molecule has 4 heterocycles. The van der Waals surface area contributed by atoms with Gasteiger partial charge in [-0.05, 0) is 67.3 Å². The van der Waals surface area contributed by atoms with Crippen molar-refractivity contribution >= 4 is 11.9 Å². The SMILES string of the molecule is COc1cc(C=C2CCCN3C2=NOC32CCOc3cc(C(F)(F)F)ccc32)ccc1-n1cnc(C)c1. The molecule has 10 heteroatoms. The van der Waals surface area contributed by atoms with Crippen molar-refractivity contribution in [2.45, 2.75) is 38.1 Å². The third-order valence-corrected chi connectivity index (χ3v) is 7.05. The molecule has 0 amide bonds. The van der Waals surface area contributed by atoms with Crippen molar-refractivity contribution in [3.05, 3.63) is 76.9 Å². The molecule has 1 aromatic heterocycles. The number of alkyl halides is 3. The van der Waals surface area contributed by atoms with Crippen molar-refractivity contribution < 1.29 is 27.5 Å². The number of halogens is 3. The average Bonchev–Trinajstić information content (AvgIpc) is 3.48. The lowest BCUT2D eigenvalue weighted by Crippen LogP contribution is -2.51. The Morgan fingerprint density at radius 1 is 1.16 bits per heavy atom. The summed E-state index contributed by atoms with van der Waals surface area (Å²) in [6, 6.07) is 9.53. The molecule has 2 aromatic carbocycles. The van der Waals surface area contributed by atoms with Gasteiger partial charge >= 0.3 is 6.18 Å². The van der Waals surface area contributed by atoms with Crippen LogP contribution in [0.1, 0.15) is 41.6 Å². The van der Waals surface area contributed by atoms with Gasteiger partial charge in [0, 0.05) is 19.2 Å². The quantitative estimate of drug-likeness (QED) is 0.455. The number of piperidine rings is 1. The van der Waals surface area contributed by atoms with E-state index in [2.05, 4.69) is 21.1 Å². The topological polar surface area (TPSA) is 61.1 Å². The highest BCUT2D eigenvalue weighted by Crippen LogP contribution is 2.49. The Morgan fingerprint density at radius 2 is 2.03 bits per heavy atom. The number of ether oxygens (including phenoxy) is 2. The fraction of sp³-hybridized carbons (Fsp3) is 0.333. The largest absolute Gasteiger partial charge is 0.495 e. The van der Waals surface area contributed by atoms with E-state index in [4.69, 9.17) is 14.3 Å². The summed E-state index contributed by atoms with van der Waals surface area (Å²) in [4.78, 5) is 12.4. The Labute approximate surface area is 211 Å². The summed E-state index contributed by atoms with van der Waals surface area (Å²) in [5.41, 5.74) is 2.57. The number of hydrogen-bond acceptors (Lipinski definition) is 6. The number of fused-ring (bicyclic) bond motifs is 4. The van der Waals surface area contributed by atoms with Crippen LogP contribution < -0.4 is 9.47 Å². The van der Waals surface area contributed by atoms with Crippen LogP contribution in [0.5, 0.6) is 11.5 Å². The number of benzene rings is 2. The highest BCUT2D eigenvalue weighted by molar-refractivity contribution is 6.03. The van der Waals surface area contributed by atoms with Gasteiger partial charge < -0.3 is 23.8 Å². The first kappa shape index (κ1) is 23.4. The molecule has 0 saturated carbocycles. The number of aromatic nitrogens is 2. The molecule has 1 atom stereocenters. The van der Waals surface area contributed by atoms with Crippen molar-refractivity contribution in [3.8, 4) is 17.2 Å². The number of aryl methyl sites for hydroxylation is 1. The zero-order valence-electron chi connectivity index (χ0n) is 20.4. The molecule has 0 radical (unpaired) electrons. The number of oxime groups is 1. The van der Waals surface area contributed by atoms with Gasteiger partial charge in [-0.2, -0.15) is 13.2 Å². The normalized spacial score (nSPS) is 21.8. The van der Waals surface area contributed by atoms with Gasteiger partial charge in [0.05, 0.1) is 42.6 Å². The smallest absolute Gasteiger partial charge is 0.416 e. The zero-order valence-corrected chi connectivity index (χ0v) is 20.4. The van der Waals surface area contributed by atoms with Gasteiger partial charge in [-0.25, -0.2) is 4.98 Å². The maximum Gasteiger partial charge on any atom is 0.416 e. The van der Waals surface area contributed by atoms with Crippen molar-refractivity contribution in [3.63, 3.8) is 0 Å². The molecule has 1 saturated heterocycles. The van der Waals surface area contributed by atoms with E-state index in [1.165, 1.54) is 6.07 Å². The van der Waals surface area contributed by atoms with E-state index >= 15 is 0 Å². The Balaban J connectivity index is 1.33. The predicted molar refractivity (Wildman–Crippen MR) is 131 cm³/mol. The van der Waals surface area contributed by atoms with Crippen LogP contribution in [0.2, 0.25) is 0 Å². The highest BCUT2D eigenvalue weighted by atomic mass is 19.4. The molecular formula is C27H25F3N4O3. The lowest BCUT2D eigenvalue weighted by Gasteiger charge is -2.42. The molecule has 0 N–H and O–H groups in total. The van der Waals surface area contributed by atoms with Crippen LogP contribution in [0.15, 0.2) is 59.7 Å². The Morgan fingerprint density at radius 3 is 2.78 bits per heavy atom. The number of methoxy groups -OCH3 is 1. The van der Waals surface area contributed by atoms with Gasteiger partial charge in [-0.1, -0.05) is 11.2 Å². The molecule has 0 bridgehead atoms. The van der Waals surface area contributed by atoms with Crippen molar-refractivity contribution in [2.24, 2.45) is 5.16 Å². The summed E-state index contributed by atoms with van der Waals surface area (Å²) >= 11 is 0. The monoisotopic (exact) mass is 510 g/mol. The van der Waals surface area contributed by atoms with Crippen molar-refractivity contribution in [2.75, 3.05) is 20.3 Å². The molecule has 192 valence electrons. The third-order valence-electron chi connectivity index (χ3n) is 7.05.